The normalized spacial score (nSPS) is 14.6. The molecule has 0 saturated carbocycles. The average molecular weight is 396 g/mol. The molecule has 2 heterocycles. The number of pyridine rings is 1. The van der Waals surface area contributed by atoms with Crippen LogP contribution < -0.4 is 10.2 Å². The van der Waals surface area contributed by atoms with Crippen molar-refractivity contribution in [2.24, 2.45) is 0 Å². The minimum Gasteiger partial charge on any atom is -0.465 e. The summed E-state index contributed by atoms with van der Waals surface area (Å²) < 4.78 is 4.77. The summed E-state index contributed by atoms with van der Waals surface area (Å²) in [6.07, 6.45) is 0. The molecule has 0 spiro atoms. The van der Waals surface area contributed by atoms with E-state index >= 15 is 0 Å². The van der Waals surface area contributed by atoms with E-state index in [0.29, 0.717) is 17.8 Å². The number of esters is 1. The zero-order valence-corrected chi connectivity index (χ0v) is 17.5. The fraction of sp³-hybridized carbons (Fsp3) is 0.409. The number of benzene rings is 1. The molecular formula is C22H28N4O3. The lowest BCUT2D eigenvalue weighted by molar-refractivity contribution is -0.117. The van der Waals surface area contributed by atoms with Crippen LogP contribution in [0.25, 0.3) is 0 Å². The number of piperazine rings is 1. The van der Waals surface area contributed by atoms with E-state index in [4.69, 9.17) is 4.74 Å². The second-order valence-corrected chi connectivity index (χ2v) is 7.35. The monoisotopic (exact) mass is 396 g/mol. The van der Waals surface area contributed by atoms with Gasteiger partial charge in [0.25, 0.3) is 0 Å². The number of aromatic nitrogens is 1. The quantitative estimate of drug-likeness (QED) is 0.783. The molecule has 0 bridgehead atoms. The summed E-state index contributed by atoms with van der Waals surface area (Å²) in [5, 5.41) is 3.02. The summed E-state index contributed by atoms with van der Waals surface area (Å²) in [6.45, 7) is 9.35. The minimum absolute atomic E-state index is 0.00329. The van der Waals surface area contributed by atoms with Crippen LogP contribution in [0.3, 0.4) is 0 Å². The van der Waals surface area contributed by atoms with Crippen LogP contribution in [0, 0.1) is 20.8 Å². The predicted octanol–water partition coefficient (Wildman–Crippen LogP) is 2.55. The number of aryl methyl sites for hydroxylation is 2. The molecule has 1 amide bonds. The maximum atomic E-state index is 12.4. The predicted molar refractivity (Wildman–Crippen MR) is 114 cm³/mol. The van der Waals surface area contributed by atoms with E-state index in [-0.39, 0.29) is 11.9 Å². The average Bonchev–Trinajstić information content (AvgIpc) is 2.71. The number of hydrogen-bond acceptors (Lipinski definition) is 6. The molecule has 2 aromatic rings. The van der Waals surface area contributed by atoms with Gasteiger partial charge in [0, 0.05) is 31.9 Å². The van der Waals surface area contributed by atoms with Crippen molar-refractivity contribution in [3.8, 4) is 0 Å². The second kappa shape index (κ2) is 9.05. The molecule has 29 heavy (non-hydrogen) atoms. The zero-order chi connectivity index (χ0) is 21.0. The molecule has 1 N–H and O–H groups in total. The summed E-state index contributed by atoms with van der Waals surface area (Å²) in [7, 11) is 1.37. The van der Waals surface area contributed by atoms with E-state index in [1.165, 1.54) is 7.11 Å². The maximum absolute atomic E-state index is 12.4. The number of hydrogen-bond donors (Lipinski definition) is 1. The molecule has 1 aromatic carbocycles. The van der Waals surface area contributed by atoms with Crippen molar-refractivity contribution in [2.45, 2.75) is 20.8 Å². The van der Waals surface area contributed by atoms with E-state index in [1.54, 1.807) is 6.07 Å². The van der Waals surface area contributed by atoms with Crippen molar-refractivity contribution in [1.29, 1.82) is 0 Å². The third kappa shape index (κ3) is 4.92. The van der Waals surface area contributed by atoms with E-state index < -0.39 is 0 Å². The van der Waals surface area contributed by atoms with Crippen molar-refractivity contribution in [1.82, 2.24) is 9.88 Å². The summed E-state index contributed by atoms with van der Waals surface area (Å²) in [5.74, 6) is 0.472. The molecule has 3 rings (SSSR count). The lowest BCUT2D eigenvalue weighted by Crippen LogP contribution is -2.49. The van der Waals surface area contributed by atoms with Crippen LogP contribution in [0.15, 0.2) is 30.3 Å². The molecule has 7 heteroatoms. The van der Waals surface area contributed by atoms with Crippen molar-refractivity contribution >= 4 is 23.4 Å². The molecule has 0 atom stereocenters. The number of methoxy groups -OCH3 is 1. The first-order chi connectivity index (χ1) is 13.9. The summed E-state index contributed by atoms with van der Waals surface area (Å²) in [4.78, 5) is 33.0. The number of amides is 1. The Bertz CT molecular complexity index is 905. The number of anilines is 2. The molecule has 0 radical (unpaired) electrons. The molecule has 0 unspecified atom stereocenters. The molecule has 1 fully saturated rings. The summed E-state index contributed by atoms with van der Waals surface area (Å²) in [5.41, 5.74) is 4.28. The number of rotatable bonds is 5. The Balaban J connectivity index is 1.54. The largest absolute Gasteiger partial charge is 0.465 e. The highest BCUT2D eigenvalue weighted by Crippen LogP contribution is 2.19. The van der Waals surface area contributed by atoms with Crippen molar-refractivity contribution in [3.05, 3.63) is 52.7 Å². The standard InChI is InChI=1S/C22H28N4O3/c1-15-6-5-7-19(16(15)2)24-21(27)14-25-10-12-26(13-11-25)20-9-8-18(17(3)23-20)22(28)29-4/h5-9H,10-14H2,1-4H3,(H,24,27). The van der Waals surface area contributed by atoms with E-state index in [2.05, 4.69) is 20.1 Å². The molecule has 1 saturated heterocycles. The zero-order valence-electron chi connectivity index (χ0n) is 17.5. The van der Waals surface area contributed by atoms with Crippen molar-refractivity contribution < 1.29 is 14.3 Å². The Kier molecular flexibility index (Phi) is 6.49. The molecule has 154 valence electrons. The van der Waals surface area contributed by atoms with Gasteiger partial charge in [-0.05, 0) is 50.1 Å². The lowest BCUT2D eigenvalue weighted by atomic mass is 10.1. The molecule has 1 aliphatic heterocycles. The van der Waals surface area contributed by atoms with Crippen LogP contribution in [0.5, 0.6) is 0 Å². The topological polar surface area (TPSA) is 74.8 Å². The minimum atomic E-state index is -0.374. The van der Waals surface area contributed by atoms with E-state index in [1.807, 2.05) is 45.0 Å². The highest BCUT2D eigenvalue weighted by Gasteiger charge is 2.21. The Morgan fingerprint density at radius 2 is 1.79 bits per heavy atom. The van der Waals surface area contributed by atoms with Gasteiger partial charge >= 0.3 is 5.97 Å². The number of carbonyl (C=O) groups excluding carboxylic acids is 2. The van der Waals surface area contributed by atoms with Gasteiger partial charge in [-0.25, -0.2) is 9.78 Å². The van der Waals surface area contributed by atoms with Gasteiger partial charge in [0.2, 0.25) is 5.91 Å². The van der Waals surface area contributed by atoms with E-state index in [9.17, 15) is 9.59 Å². The first-order valence-electron chi connectivity index (χ1n) is 9.78. The Hall–Kier alpha value is -2.93. The number of carbonyl (C=O) groups is 2. The Labute approximate surface area is 171 Å². The van der Waals surface area contributed by atoms with Crippen LogP contribution in [0.1, 0.15) is 27.2 Å². The third-order valence-corrected chi connectivity index (χ3v) is 5.42. The van der Waals surface area contributed by atoms with Gasteiger partial charge in [-0.15, -0.1) is 0 Å². The lowest BCUT2D eigenvalue weighted by Gasteiger charge is -2.35. The highest BCUT2D eigenvalue weighted by atomic mass is 16.5. The van der Waals surface area contributed by atoms with Crippen LogP contribution in [-0.2, 0) is 9.53 Å². The van der Waals surface area contributed by atoms with Crippen LogP contribution in [0.2, 0.25) is 0 Å². The van der Waals surface area contributed by atoms with Gasteiger partial charge in [0.15, 0.2) is 0 Å². The maximum Gasteiger partial charge on any atom is 0.339 e. The van der Waals surface area contributed by atoms with Gasteiger partial charge in [0.1, 0.15) is 5.82 Å². The molecule has 7 nitrogen and oxygen atoms in total. The van der Waals surface area contributed by atoms with E-state index in [0.717, 1.165) is 48.8 Å². The number of ether oxygens (including phenoxy) is 1. The van der Waals surface area contributed by atoms with Gasteiger partial charge < -0.3 is 15.0 Å². The van der Waals surface area contributed by atoms with Crippen LogP contribution in [0.4, 0.5) is 11.5 Å². The first-order valence-corrected chi connectivity index (χ1v) is 9.78. The van der Waals surface area contributed by atoms with Gasteiger partial charge in [-0.1, -0.05) is 12.1 Å². The van der Waals surface area contributed by atoms with Crippen molar-refractivity contribution in [3.63, 3.8) is 0 Å². The van der Waals surface area contributed by atoms with Crippen molar-refractivity contribution in [2.75, 3.05) is 50.1 Å². The molecule has 1 aromatic heterocycles. The van der Waals surface area contributed by atoms with Crippen LogP contribution in [-0.4, -0.2) is 61.6 Å². The molecule has 0 aliphatic carbocycles. The highest BCUT2D eigenvalue weighted by molar-refractivity contribution is 5.93. The van der Waals surface area contributed by atoms with Gasteiger partial charge in [-0.3, -0.25) is 9.69 Å². The SMILES string of the molecule is COC(=O)c1ccc(N2CCN(CC(=O)Nc3cccc(C)c3C)CC2)nc1C. The first kappa shape index (κ1) is 20.8. The fourth-order valence-electron chi connectivity index (χ4n) is 3.46. The second-order valence-electron chi connectivity index (χ2n) is 7.35. The fourth-order valence-corrected chi connectivity index (χ4v) is 3.46. The smallest absolute Gasteiger partial charge is 0.339 e. The molecular weight excluding hydrogens is 368 g/mol. The third-order valence-electron chi connectivity index (χ3n) is 5.42. The Morgan fingerprint density at radius 3 is 2.45 bits per heavy atom. The number of nitrogens with one attached hydrogen (secondary N) is 1. The summed E-state index contributed by atoms with van der Waals surface area (Å²) >= 11 is 0. The Morgan fingerprint density at radius 1 is 1.07 bits per heavy atom. The summed E-state index contributed by atoms with van der Waals surface area (Å²) in [6, 6.07) is 9.54. The van der Waals surface area contributed by atoms with Gasteiger partial charge in [-0.2, -0.15) is 0 Å². The molecule has 1 aliphatic rings. The number of nitrogens with zero attached hydrogens (tertiary/aromatic N) is 3. The van der Waals surface area contributed by atoms with Gasteiger partial charge in [0.05, 0.1) is 24.9 Å². The van der Waals surface area contributed by atoms with Crippen LogP contribution >= 0.6 is 0 Å².